The van der Waals surface area contributed by atoms with Gasteiger partial charge in [0, 0.05) is 24.7 Å². The van der Waals surface area contributed by atoms with Crippen molar-refractivity contribution < 1.29 is 9.59 Å². The van der Waals surface area contributed by atoms with Crippen molar-refractivity contribution in [1.29, 1.82) is 0 Å². The van der Waals surface area contributed by atoms with Crippen molar-refractivity contribution in [3.8, 4) is 10.4 Å². The molecule has 33 heavy (non-hydrogen) atoms. The molecule has 9 heteroatoms. The maximum atomic E-state index is 13.5. The summed E-state index contributed by atoms with van der Waals surface area (Å²) in [6.45, 7) is 9.01. The van der Waals surface area contributed by atoms with Crippen molar-refractivity contribution in [3.63, 3.8) is 0 Å². The second kappa shape index (κ2) is 8.39. The van der Waals surface area contributed by atoms with Crippen LogP contribution in [-0.4, -0.2) is 50.2 Å². The number of carbonyl (C=O) groups excluding carboxylic acids is 2. The molecule has 1 unspecified atom stereocenters. The van der Waals surface area contributed by atoms with Crippen molar-refractivity contribution in [2.75, 3.05) is 13.1 Å². The molecule has 1 aliphatic rings. The summed E-state index contributed by atoms with van der Waals surface area (Å²) in [4.78, 5) is 38.9. The predicted octanol–water partition coefficient (Wildman–Crippen LogP) is 4.40. The molecule has 0 saturated carbocycles. The molecule has 1 saturated heterocycles. The van der Waals surface area contributed by atoms with Crippen LogP contribution in [0.2, 0.25) is 0 Å². The smallest absolute Gasteiger partial charge is 0.274 e. The molecular formula is C24H25N5O2S2. The summed E-state index contributed by atoms with van der Waals surface area (Å²) in [7, 11) is 0. The number of fused-ring (bicyclic) bond motifs is 1. The third kappa shape index (κ3) is 3.75. The van der Waals surface area contributed by atoms with E-state index in [1.54, 1.807) is 11.3 Å². The normalized spacial score (nSPS) is 15.6. The van der Waals surface area contributed by atoms with E-state index in [4.69, 9.17) is 0 Å². The number of imidazole rings is 1. The zero-order valence-corrected chi connectivity index (χ0v) is 20.6. The minimum absolute atomic E-state index is 0.0406. The van der Waals surface area contributed by atoms with Gasteiger partial charge in [0.2, 0.25) is 0 Å². The Morgan fingerprint density at radius 3 is 2.76 bits per heavy atom. The summed E-state index contributed by atoms with van der Waals surface area (Å²) < 4.78 is 1.81. The topological polar surface area (TPSA) is 79.6 Å². The molecule has 1 aromatic carbocycles. The number of benzene rings is 1. The number of rotatable bonds is 5. The minimum Gasteiger partial charge on any atom is -0.349 e. The number of nitrogens with one attached hydrogen (secondary N) is 1. The Balaban J connectivity index is 1.33. The van der Waals surface area contributed by atoms with Crippen molar-refractivity contribution >= 4 is 39.4 Å². The van der Waals surface area contributed by atoms with Gasteiger partial charge in [-0.25, -0.2) is 9.97 Å². The van der Waals surface area contributed by atoms with Crippen LogP contribution in [0, 0.1) is 27.7 Å². The number of nitrogens with zero attached hydrogens (tertiary/aromatic N) is 4. The van der Waals surface area contributed by atoms with Gasteiger partial charge in [-0.1, -0.05) is 18.2 Å². The first-order valence-electron chi connectivity index (χ1n) is 10.9. The Kier molecular flexibility index (Phi) is 5.54. The van der Waals surface area contributed by atoms with E-state index >= 15 is 0 Å². The molecule has 2 amide bonds. The zero-order chi connectivity index (χ0) is 23.3. The lowest BCUT2D eigenvalue weighted by molar-refractivity contribution is 0.0451. The van der Waals surface area contributed by atoms with E-state index in [1.807, 2.05) is 40.8 Å². The van der Waals surface area contributed by atoms with Gasteiger partial charge in [-0.05, 0) is 50.8 Å². The molecule has 0 bridgehead atoms. The average molecular weight is 480 g/mol. The lowest BCUT2D eigenvalue weighted by Crippen LogP contribution is -2.56. The Morgan fingerprint density at radius 1 is 1.18 bits per heavy atom. The zero-order valence-electron chi connectivity index (χ0n) is 19.0. The number of hydrogen-bond acceptors (Lipinski definition) is 6. The van der Waals surface area contributed by atoms with Gasteiger partial charge < -0.3 is 10.2 Å². The fourth-order valence-electron chi connectivity index (χ4n) is 4.27. The SMILES string of the molecule is Cc1nc(C(=O)N2CCC2CNC(=O)c2c(C)nc3sccn23)c(-c2cccc(C)c2C)s1. The van der Waals surface area contributed by atoms with Crippen molar-refractivity contribution in [1.82, 2.24) is 24.6 Å². The maximum Gasteiger partial charge on any atom is 0.274 e. The number of thiazole rings is 2. The highest BCUT2D eigenvalue weighted by Gasteiger charge is 2.36. The molecule has 0 radical (unpaired) electrons. The van der Waals surface area contributed by atoms with Crippen LogP contribution in [0.15, 0.2) is 29.8 Å². The highest BCUT2D eigenvalue weighted by molar-refractivity contribution is 7.15. The van der Waals surface area contributed by atoms with Crippen LogP contribution in [0.3, 0.4) is 0 Å². The lowest BCUT2D eigenvalue weighted by Gasteiger charge is -2.40. The molecule has 1 fully saturated rings. The standard InChI is InChI=1S/C24H25N5O2S2/c1-13-6-5-7-18(14(13)2)21-19(27-16(4)33-21)23(31)28-9-8-17(28)12-25-22(30)20-15(3)26-24-29(20)10-11-32-24/h5-7,10-11,17H,8-9,12H2,1-4H3,(H,25,30). The fraction of sp³-hybridized carbons (Fsp3) is 0.333. The third-order valence-electron chi connectivity index (χ3n) is 6.34. The summed E-state index contributed by atoms with van der Waals surface area (Å²) in [5.74, 6) is -0.236. The summed E-state index contributed by atoms with van der Waals surface area (Å²) >= 11 is 3.05. The molecule has 5 rings (SSSR count). The van der Waals surface area contributed by atoms with Crippen LogP contribution < -0.4 is 5.32 Å². The molecule has 0 aliphatic carbocycles. The van der Waals surface area contributed by atoms with Gasteiger partial charge in [0.1, 0.15) is 11.4 Å². The van der Waals surface area contributed by atoms with E-state index < -0.39 is 0 Å². The fourth-order valence-corrected chi connectivity index (χ4v) is 6.02. The number of hydrogen-bond donors (Lipinski definition) is 1. The molecule has 170 valence electrons. The second-order valence-corrected chi connectivity index (χ2v) is 10.5. The molecule has 1 aliphatic heterocycles. The number of likely N-dealkylation sites (tertiary alicyclic amines) is 1. The molecule has 3 aromatic heterocycles. The third-order valence-corrected chi connectivity index (χ3v) is 8.10. The van der Waals surface area contributed by atoms with Gasteiger partial charge >= 0.3 is 0 Å². The first-order valence-corrected chi connectivity index (χ1v) is 12.6. The van der Waals surface area contributed by atoms with Crippen LogP contribution in [0.25, 0.3) is 15.4 Å². The van der Waals surface area contributed by atoms with Crippen molar-refractivity contribution in [2.24, 2.45) is 0 Å². The van der Waals surface area contributed by atoms with E-state index in [9.17, 15) is 9.59 Å². The molecule has 4 heterocycles. The average Bonchev–Trinajstić information content (AvgIpc) is 3.43. The Labute approximate surface area is 200 Å². The second-order valence-electron chi connectivity index (χ2n) is 8.41. The highest BCUT2D eigenvalue weighted by atomic mass is 32.1. The first kappa shape index (κ1) is 21.8. The summed E-state index contributed by atoms with van der Waals surface area (Å²) in [6.07, 6.45) is 2.71. The Bertz CT molecular complexity index is 1380. The summed E-state index contributed by atoms with van der Waals surface area (Å²) in [6, 6.07) is 6.11. The number of carbonyl (C=O) groups is 2. The van der Waals surface area contributed by atoms with Gasteiger partial charge in [-0.15, -0.1) is 22.7 Å². The van der Waals surface area contributed by atoms with Crippen LogP contribution in [-0.2, 0) is 0 Å². The van der Waals surface area contributed by atoms with Crippen LogP contribution in [0.5, 0.6) is 0 Å². The number of aryl methyl sites for hydroxylation is 3. The summed E-state index contributed by atoms with van der Waals surface area (Å²) in [5, 5.41) is 5.79. The number of aromatic nitrogens is 3. The van der Waals surface area contributed by atoms with Gasteiger partial charge in [0.05, 0.1) is 21.6 Å². The molecular weight excluding hydrogens is 454 g/mol. The van der Waals surface area contributed by atoms with Gasteiger partial charge in [-0.3, -0.25) is 14.0 Å². The maximum absolute atomic E-state index is 13.5. The molecule has 7 nitrogen and oxygen atoms in total. The van der Waals surface area contributed by atoms with E-state index in [0.29, 0.717) is 30.2 Å². The van der Waals surface area contributed by atoms with Crippen molar-refractivity contribution in [2.45, 2.75) is 40.2 Å². The monoisotopic (exact) mass is 479 g/mol. The van der Waals surface area contributed by atoms with E-state index in [-0.39, 0.29) is 17.9 Å². The largest absolute Gasteiger partial charge is 0.349 e. The minimum atomic E-state index is -0.168. The van der Waals surface area contributed by atoms with Gasteiger partial charge in [0.15, 0.2) is 4.96 Å². The van der Waals surface area contributed by atoms with Gasteiger partial charge in [0.25, 0.3) is 11.8 Å². The molecule has 4 aromatic rings. The first-order chi connectivity index (χ1) is 15.8. The van der Waals surface area contributed by atoms with E-state index in [2.05, 4.69) is 41.3 Å². The number of amides is 2. The van der Waals surface area contributed by atoms with Crippen LogP contribution in [0.4, 0.5) is 0 Å². The molecule has 1 atom stereocenters. The Hall–Kier alpha value is -3.04. The molecule has 0 spiro atoms. The lowest BCUT2D eigenvalue weighted by atomic mass is 9.99. The van der Waals surface area contributed by atoms with E-state index in [1.165, 1.54) is 22.5 Å². The summed E-state index contributed by atoms with van der Waals surface area (Å²) in [5.41, 5.74) is 5.18. The van der Waals surface area contributed by atoms with Gasteiger partial charge in [-0.2, -0.15) is 0 Å². The van der Waals surface area contributed by atoms with Crippen LogP contribution in [0.1, 0.15) is 49.2 Å². The molecule has 1 N–H and O–H groups in total. The Morgan fingerprint density at radius 2 is 2.00 bits per heavy atom. The van der Waals surface area contributed by atoms with Crippen molar-refractivity contribution in [3.05, 3.63) is 63.0 Å². The van der Waals surface area contributed by atoms with E-state index in [0.717, 1.165) is 26.8 Å². The quantitative estimate of drug-likeness (QED) is 0.460. The highest BCUT2D eigenvalue weighted by Crippen LogP contribution is 2.35. The predicted molar refractivity (Wildman–Crippen MR) is 131 cm³/mol. The van der Waals surface area contributed by atoms with Crippen LogP contribution >= 0.6 is 22.7 Å².